The first-order valence-corrected chi connectivity index (χ1v) is 7.19. The van der Waals surface area contributed by atoms with E-state index in [1.54, 1.807) is 7.11 Å². The fraction of sp³-hybridized carbons (Fsp3) is 0.600. The summed E-state index contributed by atoms with van der Waals surface area (Å²) in [5, 5.41) is 4.01. The number of anilines is 1. The molecule has 1 unspecified atom stereocenters. The second-order valence-corrected chi connectivity index (χ2v) is 5.92. The molecule has 0 radical (unpaired) electrons. The molecule has 1 N–H and O–H groups in total. The minimum absolute atomic E-state index is 0.0581. The number of piperidine rings is 1. The number of hydrogen-bond acceptors (Lipinski definition) is 3. The minimum atomic E-state index is -0.0581. The Morgan fingerprint density at radius 2 is 2.26 bits per heavy atom. The summed E-state index contributed by atoms with van der Waals surface area (Å²) in [6.07, 6.45) is 2.26. The number of benzene rings is 1. The molecule has 3 nitrogen and oxygen atoms in total. The summed E-state index contributed by atoms with van der Waals surface area (Å²) >= 11 is 6.16. The summed E-state index contributed by atoms with van der Waals surface area (Å²) in [4.78, 5) is 2.39. The van der Waals surface area contributed by atoms with E-state index in [0.29, 0.717) is 0 Å². The zero-order chi connectivity index (χ0) is 13.9. The fourth-order valence-electron chi connectivity index (χ4n) is 2.75. The van der Waals surface area contributed by atoms with E-state index in [4.69, 9.17) is 16.3 Å². The Kier molecular flexibility index (Phi) is 4.71. The van der Waals surface area contributed by atoms with Crippen LogP contribution in [-0.4, -0.2) is 32.8 Å². The lowest BCUT2D eigenvalue weighted by molar-refractivity contribution is -0.00468. The summed E-state index contributed by atoms with van der Waals surface area (Å²) in [5.41, 5.74) is 2.45. The van der Waals surface area contributed by atoms with Crippen molar-refractivity contribution < 1.29 is 4.74 Å². The van der Waals surface area contributed by atoms with Gasteiger partial charge in [-0.25, -0.2) is 0 Å². The maximum atomic E-state index is 6.16. The van der Waals surface area contributed by atoms with Crippen LogP contribution in [0.2, 0.25) is 5.02 Å². The molecule has 1 aliphatic heterocycles. The van der Waals surface area contributed by atoms with E-state index in [1.165, 1.54) is 11.3 Å². The minimum Gasteiger partial charge on any atom is -0.377 e. The molecule has 0 aliphatic carbocycles. The Hall–Kier alpha value is -0.770. The van der Waals surface area contributed by atoms with Gasteiger partial charge in [-0.15, -0.1) is 0 Å². The SMILES string of the molecule is CNCc1ccc(Cl)cc1N1CCCC(C)(OC)C1. The average Bonchev–Trinajstić information content (AvgIpc) is 2.41. The van der Waals surface area contributed by atoms with E-state index in [1.807, 2.05) is 13.1 Å². The third-order valence-corrected chi connectivity index (χ3v) is 4.14. The largest absolute Gasteiger partial charge is 0.377 e. The molecule has 0 saturated carbocycles. The zero-order valence-corrected chi connectivity index (χ0v) is 12.8. The van der Waals surface area contributed by atoms with Crippen LogP contribution in [0.15, 0.2) is 18.2 Å². The Balaban J connectivity index is 2.27. The number of halogens is 1. The third-order valence-electron chi connectivity index (χ3n) is 3.91. The van der Waals surface area contributed by atoms with Crippen LogP contribution in [0.25, 0.3) is 0 Å². The van der Waals surface area contributed by atoms with Gasteiger partial charge in [0.2, 0.25) is 0 Å². The normalized spacial score (nSPS) is 23.7. The van der Waals surface area contributed by atoms with E-state index in [2.05, 4.69) is 29.3 Å². The van der Waals surface area contributed by atoms with Crippen LogP contribution in [0.4, 0.5) is 5.69 Å². The second-order valence-electron chi connectivity index (χ2n) is 5.48. The topological polar surface area (TPSA) is 24.5 Å². The molecule has 1 aromatic rings. The highest BCUT2D eigenvalue weighted by atomic mass is 35.5. The molecule has 0 amide bonds. The van der Waals surface area contributed by atoms with E-state index in [0.717, 1.165) is 37.5 Å². The summed E-state index contributed by atoms with van der Waals surface area (Å²) in [6, 6.07) is 6.12. The van der Waals surface area contributed by atoms with Crippen LogP contribution in [0, 0.1) is 0 Å². The number of nitrogens with one attached hydrogen (secondary N) is 1. The molecule has 1 atom stereocenters. The quantitative estimate of drug-likeness (QED) is 0.919. The molecule has 0 bridgehead atoms. The van der Waals surface area contributed by atoms with Gasteiger partial charge in [-0.05, 0) is 44.5 Å². The van der Waals surface area contributed by atoms with Crippen LogP contribution >= 0.6 is 11.6 Å². The maximum absolute atomic E-state index is 6.16. The Labute approximate surface area is 120 Å². The summed E-state index contributed by atoms with van der Waals surface area (Å²) in [5.74, 6) is 0. The van der Waals surface area contributed by atoms with Gasteiger partial charge in [-0.2, -0.15) is 0 Å². The maximum Gasteiger partial charge on any atom is 0.0825 e. The van der Waals surface area contributed by atoms with Gasteiger partial charge in [0.25, 0.3) is 0 Å². The molecular weight excluding hydrogens is 260 g/mol. The highest BCUT2D eigenvalue weighted by Gasteiger charge is 2.31. The third kappa shape index (κ3) is 3.41. The second kappa shape index (κ2) is 6.12. The first kappa shape index (κ1) is 14.6. The van der Waals surface area contributed by atoms with E-state index in [-0.39, 0.29) is 5.60 Å². The van der Waals surface area contributed by atoms with Crippen molar-refractivity contribution in [3.8, 4) is 0 Å². The van der Waals surface area contributed by atoms with Crippen molar-refractivity contribution >= 4 is 17.3 Å². The molecule has 1 aliphatic rings. The van der Waals surface area contributed by atoms with Crippen molar-refractivity contribution in [2.24, 2.45) is 0 Å². The molecule has 1 aromatic carbocycles. The average molecular weight is 283 g/mol. The van der Waals surface area contributed by atoms with Gasteiger partial charge in [0, 0.05) is 37.5 Å². The lowest BCUT2D eigenvalue weighted by Gasteiger charge is -2.41. The van der Waals surface area contributed by atoms with Gasteiger partial charge < -0.3 is 15.0 Å². The number of hydrogen-bond donors (Lipinski definition) is 1. The van der Waals surface area contributed by atoms with Crippen LogP contribution < -0.4 is 10.2 Å². The van der Waals surface area contributed by atoms with Crippen molar-refractivity contribution in [1.82, 2.24) is 5.32 Å². The number of ether oxygens (including phenoxy) is 1. The number of methoxy groups -OCH3 is 1. The first-order chi connectivity index (χ1) is 9.08. The lowest BCUT2D eigenvalue weighted by Crippen LogP contribution is -2.47. The number of rotatable bonds is 4. The molecule has 1 heterocycles. The standard InChI is InChI=1S/C15H23ClN2O/c1-15(19-3)7-4-8-18(11-15)14-9-13(16)6-5-12(14)10-17-2/h5-6,9,17H,4,7-8,10-11H2,1-3H3. The smallest absolute Gasteiger partial charge is 0.0825 e. The van der Waals surface area contributed by atoms with Crippen LogP contribution in [0.5, 0.6) is 0 Å². The van der Waals surface area contributed by atoms with E-state index >= 15 is 0 Å². The summed E-state index contributed by atoms with van der Waals surface area (Å²) in [6.45, 7) is 5.02. The van der Waals surface area contributed by atoms with Gasteiger partial charge in [-0.1, -0.05) is 17.7 Å². The van der Waals surface area contributed by atoms with Crippen LogP contribution in [0.3, 0.4) is 0 Å². The summed E-state index contributed by atoms with van der Waals surface area (Å²) < 4.78 is 5.67. The molecule has 0 spiro atoms. The van der Waals surface area contributed by atoms with E-state index < -0.39 is 0 Å². The highest BCUT2D eigenvalue weighted by molar-refractivity contribution is 6.30. The molecular formula is C15H23ClN2O. The van der Waals surface area contributed by atoms with Crippen molar-refractivity contribution in [3.63, 3.8) is 0 Å². The van der Waals surface area contributed by atoms with Crippen LogP contribution in [0.1, 0.15) is 25.3 Å². The summed E-state index contributed by atoms with van der Waals surface area (Å²) in [7, 11) is 3.77. The van der Waals surface area contributed by atoms with E-state index in [9.17, 15) is 0 Å². The number of nitrogens with zero attached hydrogens (tertiary/aromatic N) is 1. The zero-order valence-electron chi connectivity index (χ0n) is 12.0. The van der Waals surface area contributed by atoms with Crippen molar-refractivity contribution in [2.45, 2.75) is 31.9 Å². The van der Waals surface area contributed by atoms with Crippen molar-refractivity contribution in [3.05, 3.63) is 28.8 Å². The highest BCUT2D eigenvalue weighted by Crippen LogP contribution is 2.31. The Bertz CT molecular complexity index is 438. The van der Waals surface area contributed by atoms with Gasteiger partial charge >= 0.3 is 0 Å². The van der Waals surface area contributed by atoms with Gasteiger partial charge in [0.15, 0.2) is 0 Å². The predicted octanol–water partition coefficient (Wildman–Crippen LogP) is 3.06. The molecule has 1 saturated heterocycles. The van der Waals surface area contributed by atoms with Crippen molar-refractivity contribution in [2.75, 3.05) is 32.1 Å². The van der Waals surface area contributed by atoms with Gasteiger partial charge in [0.05, 0.1) is 5.60 Å². The van der Waals surface area contributed by atoms with Crippen LogP contribution in [-0.2, 0) is 11.3 Å². The molecule has 2 rings (SSSR count). The monoisotopic (exact) mass is 282 g/mol. The van der Waals surface area contributed by atoms with Gasteiger partial charge in [-0.3, -0.25) is 0 Å². The Morgan fingerprint density at radius 3 is 2.95 bits per heavy atom. The molecule has 19 heavy (non-hydrogen) atoms. The van der Waals surface area contributed by atoms with Gasteiger partial charge in [0.1, 0.15) is 0 Å². The molecule has 4 heteroatoms. The molecule has 106 valence electrons. The molecule has 0 aromatic heterocycles. The fourth-order valence-corrected chi connectivity index (χ4v) is 2.92. The lowest BCUT2D eigenvalue weighted by atomic mass is 9.94. The van der Waals surface area contributed by atoms with Crippen molar-refractivity contribution in [1.29, 1.82) is 0 Å². The first-order valence-electron chi connectivity index (χ1n) is 6.81. The molecule has 1 fully saturated rings. The predicted molar refractivity (Wildman–Crippen MR) is 81.1 cm³/mol. The Morgan fingerprint density at radius 1 is 1.47 bits per heavy atom.